The number of fused-ring (bicyclic) bond motifs is 3. The van der Waals surface area contributed by atoms with Crippen LogP contribution in [0.1, 0.15) is 59.3 Å². The van der Waals surface area contributed by atoms with E-state index in [0.717, 1.165) is 37.7 Å². The van der Waals surface area contributed by atoms with E-state index in [-0.39, 0.29) is 12.1 Å². The van der Waals surface area contributed by atoms with E-state index in [1.807, 2.05) is 6.92 Å². The van der Waals surface area contributed by atoms with Gasteiger partial charge in [-0.15, -0.1) is 0 Å². The maximum Gasteiger partial charge on any atom is 0.302 e. The lowest BCUT2D eigenvalue weighted by molar-refractivity contribution is -0.151. The molecule has 3 rings (SSSR count). The second kappa shape index (κ2) is 5.58. The topological polar surface area (TPSA) is 43.4 Å². The van der Waals surface area contributed by atoms with Gasteiger partial charge >= 0.3 is 5.97 Å². The van der Waals surface area contributed by atoms with Gasteiger partial charge in [0.1, 0.15) is 6.10 Å². The minimum Gasteiger partial charge on any atom is -0.462 e. The average molecular weight is 290 g/mol. The van der Waals surface area contributed by atoms with Crippen LogP contribution in [0, 0.1) is 23.7 Å². The van der Waals surface area contributed by atoms with Gasteiger partial charge < -0.3 is 4.74 Å². The molecule has 116 valence electrons. The van der Waals surface area contributed by atoms with Crippen LogP contribution in [-0.4, -0.2) is 17.9 Å². The predicted octanol–water partition coefficient (Wildman–Crippen LogP) is 3.67. The van der Waals surface area contributed by atoms with Crippen LogP contribution in [0.5, 0.6) is 0 Å². The van der Waals surface area contributed by atoms with Crippen LogP contribution < -0.4 is 0 Å². The molecule has 5 atom stereocenters. The number of carbonyl (C=O) groups excluding carboxylic acids is 2. The minimum atomic E-state index is -0.143. The fourth-order valence-electron chi connectivity index (χ4n) is 5.14. The molecule has 0 saturated heterocycles. The summed E-state index contributed by atoms with van der Waals surface area (Å²) >= 11 is 0. The van der Waals surface area contributed by atoms with Gasteiger partial charge in [-0.2, -0.15) is 0 Å². The Balaban J connectivity index is 1.87. The molecule has 0 aromatic rings. The number of carbonyl (C=O) groups is 2. The first kappa shape index (κ1) is 14.8. The van der Waals surface area contributed by atoms with Crippen molar-refractivity contribution in [1.29, 1.82) is 0 Å². The molecular formula is C18H26O3. The summed E-state index contributed by atoms with van der Waals surface area (Å²) in [5, 5.41) is 0. The van der Waals surface area contributed by atoms with Gasteiger partial charge in [0.05, 0.1) is 0 Å². The van der Waals surface area contributed by atoms with Gasteiger partial charge in [-0.1, -0.05) is 12.5 Å². The van der Waals surface area contributed by atoms with Crippen molar-refractivity contribution in [3.8, 4) is 0 Å². The Hall–Kier alpha value is -1.12. The lowest BCUT2D eigenvalue weighted by Crippen LogP contribution is -2.36. The second-order valence-electron chi connectivity index (χ2n) is 7.06. The maximum absolute atomic E-state index is 11.9. The van der Waals surface area contributed by atoms with E-state index in [2.05, 4.69) is 6.92 Å². The zero-order valence-electron chi connectivity index (χ0n) is 13.4. The van der Waals surface area contributed by atoms with E-state index in [1.165, 1.54) is 12.5 Å². The van der Waals surface area contributed by atoms with Gasteiger partial charge in [0.25, 0.3) is 0 Å². The molecule has 0 aromatic heterocycles. The fourth-order valence-corrected chi connectivity index (χ4v) is 5.14. The number of allylic oxidation sites excluding steroid dienone is 2. The maximum atomic E-state index is 11.9. The van der Waals surface area contributed by atoms with Gasteiger partial charge in [0, 0.05) is 13.3 Å². The van der Waals surface area contributed by atoms with E-state index < -0.39 is 0 Å². The minimum absolute atomic E-state index is 0.108. The van der Waals surface area contributed by atoms with Crippen molar-refractivity contribution in [2.45, 2.75) is 65.4 Å². The fraction of sp³-hybridized carbons (Fsp3) is 0.778. The lowest BCUT2D eigenvalue weighted by atomic mass is 9.65. The van der Waals surface area contributed by atoms with Crippen molar-refractivity contribution in [2.75, 3.05) is 0 Å². The molecule has 3 nitrogen and oxygen atoms in total. The van der Waals surface area contributed by atoms with Gasteiger partial charge in [-0.3, -0.25) is 9.59 Å². The summed E-state index contributed by atoms with van der Waals surface area (Å²) < 4.78 is 5.69. The first-order chi connectivity index (χ1) is 10.0. The van der Waals surface area contributed by atoms with Crippen LogP contribution in [0.2, 0.25) is 0 Å². The molecule has 0 N–H and O–H groups in total. The number of rotatable bonds is 2. The lowest BCUT2D eigenvalue weighted by Gasteiger charge is -2.40. The number of hydrogen-bond acceptors (Lipinski definition) is 3. The highest BCUT2D eigenvalue weighted by atomic mass is 16.5. The number of Topliss-reactive ketones (excluding diaryl/α,β-unsaturated/α-hetero) is 1. The molecule has 0 spiro atoms. The Morgan fingerprint density at radius 3 is 2.67 bits per heavy atom. The molecule has 3 aliphatic rings. The van der Waals surface area contributed by atoms with Gasteiger partial charge in [-0.25, -0.2) is 0 Å². The van der Waals surface area contributed by atoms with E-state index in [9.17, 15) is 9.59 Å². The van der Waals surface area contributed by atoms with Crippen LogP contribution in [-0.2, 0) is 14.3 Å². The summed E-state index contributed by atoms with van der Waals surface area (Å²) in [6.45, 7) is 5.74. The molecular weight excluding hydrogens is 264 g/mol. The molecule has 0 aromatic carbocycles. The Bertz CT molecular complexity index is 491. The van der Waals surface area contributed by atoms with Crippen molar-refractivity contribution in [3.63, 3.8) is 0 Å². The highest BCUT2D eigenvalue weighted by Crippen LogP contribution is 2.54. The number of ketones is 1. The monoisotopic (exact) mass is 290 g/mol. The first-order valence-electron chi connectivity index (χ1n) is 8.43. The van der Waals surface area contributed by atoms with E-state index in [1.54, 1.807) is 0 Å². The summed E-state index contributed by atoms with van der Waals surface area (Å²) in [7, 11) is 0. The molecule has 0 amide bonds. The molecule has 0 heterocycles. The Labute approximate surface area is 127 Å². The third kappa shape index (κ3) is 2.45. The van der Waals surface area contributed by atoms with Crippen molar-refractivity contribution in [1.82, 2.24) is 0 Å². The van der Waals surface area contributed by atoms with Crippen LogP contribution in [0.15, 0.2) is 11.1 Å². The van der Waals surface area contributed by atoms with Gasteiger partial charge in [0.2, 0.25) is 0 Å². The Kier molecular flexibility index (Phi) is 3.94. The molecule has 2 saturated carbocycles. The van der Waals surface area contributed by atoms with E-state index in [0.29, 0.717) is 35.9 Å². The highest BCUT2D eigenvalue weighted by Gasteiger charge is 2.50. The molecule has 4 unspecified atom stereocenters. The van der Waals surface area contributed by atoms with Crippen LogP contribution in [0.4, 0.5) is 0 Å². The Morgan fingerprint density at radius 1 is 1.24 bits per heavy atom. The third-order valence-electron chi connectivity index (χ3n) is 6.13. The standard InChI is InChI=1S/C18H26O3/c1-4-12-9-16-14-7-8-17(20)10(2)13(14)5-6-15(16)18(12)21-11(3)19/h12,14-16,18H,4-9H2,1-3H3/t12?,14?,15?,16?,18-/m1/s1. The van der Waals surface area contributed by atoms with E-state index in [4.69, 9.17) is 4.74 Å². The normalized spacial score (nSPS) is 39.0. The zero-order chi connectivity index (χ0) is 15.1. The summed E-state index contributed by atoms with van der Waals surface area (Å²) in [4.78, 5) is 23.4. The van der Waals surface area contributed by atoms with Crippen molar-refractivity contribution in [2.24, 2.45) is 23.7 Å². The van der Waals surface area contributed by atoms with Crippen LogP contribution in [0.3, 0.4) is 0 Å². The van der Waals surface area contributed by atoms with Gasteiger partial charge in [0.15, 0.2) is 5.78 Å². The molecule has 3 heteroatoms. The molecule has 0 radical (unpaired) electrons. The molecule has 0 bridgehead atoms. The first-order valence-corrected chi connectivity index (χ1v) is 8.43. The number of hydrogen-bond donors (Lipinski definition) is 0. The summed E-state index contributed by atoms with van der Waals surface area (Å²) in [6.07, 6.45) is 6.17. The number of ether oxygens (including phenoxy) is 1. The zero-order valence-corrected chi connectivity index (χ0v) is 13.4. The molecule has 3 aliphatic carbocycles. The second-order valence-corrected chi connectivity index (χ2v) is 7.06. The van der Waals surface area contributed by atoms with Crippen molar-refractivity contribution in [3.05, 3.63) is 11.1 Å². The highest BCUT2D eigenvalue weighted by molar-refractivity contribution is 5.96. The van der Waals surface area contributed by atoms with Crippen LogP contribution >= 0.6 is 0 Å². The SMILES string of the molecule is CCC1CC2C3CCC(=O)C(C)=C3CCC2[C@@H]1OC(C)=O. The average Bonchev–Trinajstić information content (AvgIpc) is 2.80. The molecule has 21 heavy (non-hydrogen) atoms. The van der Waals surface area contributed by atoms with Gasteiger partial charge in [-0.05, 0) is 68.3 Å². The summed E-state index contributed by atoms with van der Waals surface area (Å²) in [6, 6.07) is 0. The number of esters is 1. The summed E-state index contributed by atoms with van der Waals surface area (Å²) in [5.41, 5.74) is 2.46. The Morgan fingerprint density at radius 2 is 2.00 bits per heavy atom. The predicted molar refractivity (Wildman–Crippen MR) is 80.6 cm³/mol. The van der Waals surface area contributed by atoms with Crippen molar-refractivity contribution >= 4 is 11.8 Å². The van der Waals surface area contributed by atoms with Crippen LogP contribution in [0.25, 0.3) is 0 Å². The quantitative estimate of drug-likeness (QED) is 0.729. The van der Waals surface area contributed by atoms with Crippen molar-refractivity contribution < 1.29 is 14.3 Å². The third-order valence-corrected chi connectivity index (χ3v) is 6.13. The van der Waals surface area contributed by atoms with E-state index >= 15 is 0 Å². The molecule has 0 aliphatic heterocycles. The smallest absolute Gasteiger partial charge is 0.302 e. The molecule has 2 fully saturated rings. The largest absolute Gasteiger partial charge is 0.462 e. The summed E-state index contributed by atoms with van der Waals surface area (Å²) in [5.74, 6) is 2.40.